The van der Waals surface area contributed by atoms with E-state index in [2.05, 4.69) is 11.9 Å². The van der Waals surface area contributed by atoms with Gasteiger partial charge in [0.1, 0.15) is 0 Å². The quantitative estimate of drug-likeness (QED) is 0.786. The third-order valence-electron chi connectivity index (χ3n) is 2.46. The number of hydrogen-bond acceptors (Lipinski definition) is 4. The Kier molecular flexibility index (Phi) is 2.93. The fourth-order valence-electron chi connectivity index (χ4n) is 1.01. The second kappa shape index (κ2) is 3.64. The second-order valence-corrected chi connectivity index (χ2v) is 4.94. The molecule has 3 N–H and O–H groups in total. The van der Waals surface area contributed by atoms with Gasteiger partial charge in [0.15, 0.2) is 5.13 Å². The number of aliphatic hydroxyl groups is 1. The Morgan fingerprint density at radius 3 is 2.69 bits per heavy atom. The first-order valence-electron chi connectivity index (χ1n) is 4.36. The smallest absolute Gasteiger partial charge is 0.180 e. The summed E-state index contributed by atoms with van der Waals surface area (Å²) < 4.78 is 0. The molecule has 0 aliphatic heterocycles. The van der Waals surface area contributed by atoms with Crippen LogP contribution in [0, 0.1) is 5.41 Å². The van der Waals surface area contributed by atoms with Gasteiger partial charge in [-0.25, -0.2) is 4.98 Å². The third kappa shape index (κ3) is 2.19. The summed E-state index contributed by atoms with van der Waals surface area (Å²) in [5.74, 6) is 0. The zero-order valence-electron chi connectivity index (χ0n) is 8.24. The largest absolute Gasteiger partial charge is 0.387 e. The van der Waals surface area contributed by atoms with Crippen LogP contribution >= 0.6 is 11.3 Å². The first-order valence-corrected chi connectivity index (χ1v) is 5.18. The fourth-order valence-corrected chi connectivity index (χ4v) is 1.89. The van der Waals surface area contributed by atoms with Crippen molar-refractivity contribution in [1.29, 1.82) is 0 Å². The van der Waals surface area contributed by atoms with Crippen LogP contribution in [0.15, 0.2) is 6.20 Å². The molecule has 0 aliphatic carbocycles. The standard InChI is InChI=1S/C9H16N2OS/c1-4-9(2,3)7(12)6-5-11-8(10)13-6/h5,7,12H,4H2,1-3H3,(H2,10,11). The zero-order chi connectivity index (χ0) is 10.1. The lowest BCUT2D eigenvalue weighted by molar-refractivity contribution is 0.0494. The number of nitrogens with zero attached hydrogens (tertiary/aromatic N) is 1. The Labute approximate surface area is 82.6 Å². The van der Waals surface area contributed by atoms with Crippen LogP contribution in [0.3, 0.4) is 0 Å². The molecular formula is C9H16N2OS. The van der Waals surface area contributed by atoms with Gasteiger partial charge >= 0.3 is 0 Å². The first-order chi connectivity index (χ1) is 5.97. The number of aromatic nitrogens is 1. The Bertz CT molecular complexity index is 283. The Hall–Kier alpha value is -0.610. The maximum absolute atomic E-state index is 9.98. The van der Waals surface area contributed by atoms with E-state index in [9.17, 15) is 5.11 Å². The molecule has 0 aliphatic rings. The van der Waals surface area contributed by atoms with Crippen LogP contribution in [-0.4, -0.2) is 10.1 Å². The highest BCUT2D eigenvalue weighted by Crippen LogP contribution is 2.38. The Balaban J connectivity index is 2.84. The number of hydrogen-bond donors (Lipinski definition) is 2. The average molecular weight is 200 g/mol. The van der Waals surface area contributed by atoms with Crippen molar-refractivity contribution in [2.45, 2.75) is 33.3 Å². The summed E-state index contributed by atoms with van der Waals surface area (Å²) in [7, 11) is 0. The van der Waals surface area contributed by atoms with Crippen molar-refractivity contribution in [2.75, 3.05) is 5.73 Å². The molecule has 1 unspecified atom stereocenters. The molecule has 1 heterocycles. The van der Waals surface area contributed by atoms with Gasteiger partial charge in [0, 0.05) is 6.20 Å². The second-order valence-electron chi connectivity index (χ2n) is 3.85. The van der Waals surface area contributed by atoms with Crippen LogP contribution in [0.1, 0.15) is 38.2 Å². The van der Waals surface area contributed by atoms with Gasteiger partial charge in [-0.2, -0.15) is 0 Å². The summed E-state index contributed by atoms with van der Waals surface area (Å²) in [6.07, 6.45) is 2.11. The van der Waals surface area contributed by atoms with Gasteiger partial charge < -0.3 is 10.8 Å². The van der Waals surface area contributed by atoms with Crippen molar-refractivity contribution in [3.05, 3.63) is 11.1 Å². The van der Waals surface area contributed by atoms with Crippen molar-refractivity contribution in [1.82, 2.24) is 4.98 Å². The van der Waals surface area contributed by atoms with Crippen molar-refractivity contribution < 1.29 is 5.11 Å². The molecule has 1 aromatic heterocycles. The molecular weight excluding hydrogens is 184 g/mol. The van der Waals surface area contributed by atoms with E-state index >= 15 is 0 Å². The topological polar surface area (TPSA) is 59.1 Å². The number of rotatable bonds is 3. The van der Waals surface area contributed by atoms with Gasteiger partial charge in [-0.05, 0) is 11.8 Å². The molecule has 13 heavy (non-hydrogen) atoms. The predicted molar refractivity (Wildman–Crippen MR) is 55.6 cm³/mol. The first kappa shape index (κ1) is 10.5. The summed E-state index contributed by atoms with van der Waals surface area (Å²) in [6.45, 7) is 6.13. The normalized spacial score (nSPS) is 14.5. The molecule has 0 radical (unpaired) electrons. The Morgan fingerprint density at radius 1 is 1.69 bits per heavy atom. The molecule has 0 spiro atoms. The van der Waals surface area contributed by atoms with Crippen LogP contribution in [0.4, 0.5) is 5.13 Å². The van der Waals surface area contributed by atoms with E-state index in [0.717, 1.165) is 11.3 Å². The molecule has 74 valence electrons. The van der Waals surface area contributed by atoms with Crippen LogP contribution in [0.5, 0.6) is 0 Å². The minimum Gasteiger partial charge on any atom is -0.387 e. The highest BCUT2D eigenvalue weighted by atomic mass is 32.1. The van der Waals surface area contributed by atoms with E-state index < -0.39 is 6.10 Å². The molecule has 1 atom stereocenters. The summed E-state index contributed by atoms with van der Waals surface area (Å²) in [4.78, 5) is 4.77. The maximum atomic E-state index is 9.98. The van der Waals surface area contributed by atoms with E-state index in [1.807, 2.05) is 13.8 Å². The van der Waals surface area contributed by atoms with Gasteiger partial charge in [-0.1, -0.05) is 32.1 Å². The van der Waals surface area contributed by atoms with Gasteiger partial charge in [-0.15, -0.1) is 0 Å². The number of anilines is 1. The van der Waals surface area contributed by atoms with Crippen molar-refractivity contribution >= 4 is 16.5 Å². The molecule has 0 fully saturated rings. The number of nitrogen functional groups attached to an aromatic ring is 1. The van der Waals surface area contributed by atoms with Gasteiger partial charge in [0.2, 0.25) is 0 Å². The fraction of sp³-hybridized carbons (Fsp3) is 0.667. The minimum atomic E-state index is -0.465. The van der Waals surface area contributed by atoms with E-state index in [4.69, 9.17) is 5.73 Å². The molecule has 0 aromatic carbocycles. The molecule has 4 heteroatoms. The molecule has 0 amide bonds. The predicted octanol–water partition coefficient (Wildman–Crippen LogP) is 2.19. The maximum Gasteiger partial charge on any atom is 0.180 e. The summed E-state index contributed by atoms with van der Waals surface area (Å²) in [5, 5.41) is 10.5. The van der Waals surface area contributed by atoms with Crippen LogP contribution in [0.25, 0.3) is 0 Å². The molecule has 0 saturated carbocycles. The lowest BCUT2D eigenvalue weighted by Gasteiger charge is -2.27. The summed E-state index contributed by atoms with van der Waals surface area (Å²) >= 11 is 1.35. The third-order valence-corrected chi connectivity index (χ3v) is 3.34. The average Bonchev–Trinajstić information content (AvgIpc) is 2.50. The van der Waals surface area contributed by atoms with Crippen molar-refractivity contribution in [3.8, 4) is 0 Å². The summed E-state index contributed by atoms with van der Waals surface area (Å²) in [6, 6.07) is 0. The molecule has 0 bridgehead atoms. The van der Waals surface area contributed by atoms with Crippen LogP contribution < -0.4 is 5.73 Å². The monoisotopic (exact) mass is 200 g/mol. The van der Waals surface area contributed by atoms with Crippen molar-refractivity contribution in [2.24, 2.45) is 5.41 Å². The van der Waals surface area contributed by atoms with Gasteiger partial charge in [0.25, 0.3) is 0 Å². The number of nitrogens with two attached hydrogens (primary N) is 1. The molecule has 1 rings (SSSR count). The lowest BCUT2D eigenvalue weighted by atomic mass is 9.83. The van der Waals surface area contributed by atoms with Gasteiger partial charge in [0.05, 0.1) is 11.0 Å². The van der Waals surface area contributed by atoms with Crippen LogP contribution in [0.2, 0.25) is 0 Å². The zero-order valence-corrected chi connectivity index (χ0v) is 9.06. The highest BCUT2D eigenvalue weighted by molar-refractivity contribution is 7.15. The SMILES string of the molecule is CCC(C)(C)C(O)c1cnc(N)s1. The van der Waals surface area contributed by atoms with E-state index in [1.165, 1.54) is 11.3 Å². The highest BCUT2D eigenvalue weighted by Gasteiger charge is 2.28. The number of aliphatic hydroxyl groups excluding tert-OH is 1. The van der Waals surface area contributed by atoms with E-state index in [-0.39, 0.29) is 5.41 Å². The lowest BCUT2D eigenvalue weighted by Crippen LogP contribution is -2.19. The van der Waals surface area contributed by atoms with Gasteiger partial charge in [-0.3, -0.25) is 0 Å². The summed E-state index contributed by atoms with van der Waals surface area (Å²) in [5.41, 5.74) is 5.39. The molecule has 3 nitrogen and oxygen atoms in total. The van der Waals surface area contributed by atoms with E-state index in [1.54, 1.807) is 6.20 Å². The van der Waals surface area contributed by atoms with Crippen LogP contribution in [-0.2, 0) is 0 Å². The molecule has 0 saturated heterocycles. The van der Waals surface area contributed by atoms with E-state index in [0.29, 0.717) is 5.13 Å². The van der Waals surface area contributed by atoms with Crippen molar-refractivity contribution in [3.63, 3.8) is 0 Å². The number of thiazole rings is 1. The Morgan fingerprint density at radius 2 is 2.31 bits per heavy atom. The molecule has 1 aromatic rings. The minimum absolute atomic E-state index is 0.112.